The number of hydrogen-bond acceptors (Lipinski definition) is 5. The molecule has 5 nitrogen and oxygen atoms in total. The van der Waals surface area contributed by atoms with E-state index in [9.17, 15) is 0 Å². The zero-order valence-electron chi connectivity index (χ0n) is 22.4. The van der Waals surface area contributed by atoms with Gasteiger partial charge in [-0.25, -0.2) is 0 Å². The molecule has 0 aromatic heterocycles. The Kier molecular flexibility index (Phi) is 11.1. The third-order valence-electron chi connectivity index (χ3n) is 6.86. The van der Waals surface area contributed by atoms with Crippen LogP contribution < -0.4 is 0 Å². The molecule has 208 valence electrons. The van der Waals surface area contributed by atoms with E-state index in [1.165, 1.54) is 0 Å². The smallest absolute Gasteiger partial charge is 0.187 e. The van der Waals surface area contributed by atoms with E-state index < -0.39 is 18.5 Å². The summed E-state index contributed by atoms with van der Waals surface area (Å²) < 4.78 is 33.6. The number of alkyl halides is 1. The van der Waals surface area contributed by atoms with Gasteiger partial charge in [0.15, 0.2) is 6.29 Å². The molecule has 4 aromatic carbocycles. The Morgan fingerprint density at radius 1 is 0.450 bits per heavy atom. The minimum atomic E-state index is -0.624. The van der Waals surface area contributed by atoms with Gasteiger partial charge >= 0.3 is 0 Å². The van der Waals surface area contributed by atoms with Gasteiger partial charge in [0.25, 0.3) is 0 Å². The van der Waals surface area contributed by atoms with Crippen LogP contribution in [0.25, 0.3) is 0 Å². The predicted molar refractivity (Wildman–Crippen MR) is 164 cm³/mol. The average Bonchev–Trinajstić information content (AvgIpc) is 3.03. The van der Waals surface area contributed by atoms with Crippen molar-refractivity contribution >= 4 is 22.6 Å². The minimum Gasteiger partial charge on any atom is -0.368 e. The van der Waals surface area contributed by atoms with E-state index in [2.05, 4.69) is 59.0 Å². The van der Waals surface area contributed by atoms with Crippen LogP contribution in [-0.2, 0) is 50.1 Å². The molecule has 1 heterocycles. The number of ether oxygens (including phenoxy) is 5. The molecule has 1 aliphatic heterocycles. The van der Waals surface area contributed by atoms with Crippen LogP contribution in [0.4, 0.5) is 0 Å². The zero-order chi connectivity index (χ0) is 27.4. The summed E-state index contributed by atoms with van der Waals surface area (Å²) in [5, 5.41) is 0. The molecule has 5 rings (SSSR count). The molecule has 4 aromatic rings. The zero-order valence-corrected chi connectivity index (χ0v) is 24.5. The van der Waals surface area contributed by atoms with Crippen LogP contribution in [0.5, 0.6) is 0 Å². The van der Waals surface area contributed by atoms with E-state index in [-0.39, 0.29) is 12.2 Å². The molecule has 0 amide bonds. The first-order chi connectivity index (χ1) is 19.8. The van der Waals surface area contributed by atoms with Gasteiger partial charge in [-0.2, -0.15) is 0 Å². The standard InChI is InChI=1S/C34H35IO5/c35-21-30-31(36-22-26-13-5-1-6-14-26)32(37-23-27-15-7-2-8-16-27)33(38-24-28-17-9-3-10-18-28)34(40-30)39-25-29-19-11-4-12-20-29/h1-20,30-34H,21-25H2/t30-,31-,32+,33-,34-/m1/s1. The Hall–Kier alpha value is -2.59. The van der Waals surface area contributed by atoms with Crippen LogP contribution in [-0.4, -0.2) is 35.1 Å². The summed E-state index contributed by atoms with van der Waals surface area (Å²) in [6, 6.07) is 40.6. The van der Waals surface area contributed by atoms with Crippen molar-refractivity contribution in [2.75, 3.05) is 4.43 Å². The second kappa shape index (κ2) is 15.4. The quantitative estimate of drug-likeness (QED) is 0.114. The average molecular weight is 651 g/mol. The highest BCUT2D eigenvalue weighted by molar-refractivity contribution is 14.1. The molecule has 0 saturated carbocycles. The molecule has 1 aliphatic rings. The number of rotatable bonds is 13. The lowest BCUT2D eigenvalue weighted by atomic mass is 9.98. The highest BCUT2D eigenvalue weighted by Gasteiger charge is 2.48. The van der Waals surface area contributed by atoms with E-state index in [0.29, 0.717) is 26.4 Å². The van der Waals surface area contributed by atoms with Crippen molar-refractivity contribution in [1.29, 1.82) is 0 Å². The van der Waals surface area contributed by atoms with Crippen LogP contribution in [0.2, 0.25) is 0 Å². The summed E-state index contributed by atoms with van der Waals surface area (Å²) in [5.74, 6) is 0. The maximum absolute atomic E-state index is 6.67. The summed E-state index contributed by atoms with van der Waals surface area (Å²) in [5.41, 5.74) is 4.33. The maximum atomic E-state index is 6.67. The van der Waals surface area contributed by atoms with E-state index in [4.69, 9.17) is 23.7 Å². The Labute approximate surface area is 250 Å². The third kappa shape index (κ3) is 8.22. The minimum absolute atomic E-state index is 0.234. The summed E-state index contributed by atoms with van der Waals surface area (Å²) in [6.45, 7) is 1.70. The van der Waals surface area contributed by atoms with Crippen LogP contribution in [0.3, 0.4) is 0 Å². The predicted octanol–water partition coefficient (Wildman–Crippen LogP) is 7.12. The lowest BCUT2D eigenvalue weighted by molar-refractivity contribution is -0.321. The normalized spacial score (nSPS) is 22.7. The van der Waals surface area contributed by atoms with Crippen molar-refractivity contribution < 1.29 is 23.7 Å². The molecule has 0 aliphatic carbocycles. The molecule has 40 heavy (non-hydrogen) atoms. The Morgan fingerprint density at radius 2 is 0.800 bits per heavy atom. The monoisotopic (exact) mass is 650 g/mol. The Morgan fingerprint density at radius 3 is 1.20 bits per heavy atom. The highest BCUT2D eigenvalue weighted by Crippen LogP contribution is 2.32. The highest BCUT2D eigenvalue weighted by atomic mass is 127. The van der Waals surface area contributed by atoms with Crippen molar-refractivity contribution in [2.45, 2.75) is 57.1 Å². The first-order valence-electron chi connectivity index (χ1n) is 13.6. The van der Waals surface area contributed by atoms with Crippen LogP contribution >= 0.6 is 22.6 Å². The van der Waals surface area contributed by atoms with E-state index in [1.807, 2.05) is 84.9 Å². The van der Waals surface area contributed by atoms with Gasteiger partial charge in [-0.05, 0) is 22.3 Å². The van der Waals surface area contributed by atoms with Gasteiger partial charge in [0.05, 0.1) is 32.5 Å². The Bertz CT molecular complexity index is 1240. The molecule has 0 N–H and O–H groups in total. The first kappa shape index (κ1) is 28.9. The molecule has 0 unspecified atom stereocenters. The molecular formula is C34H35IO5. The molecule has 0 radical (unpaired) electrons. The van der Waals surface area contributed by atoms with Crippen LogP contribution in [0.15, 0.2) is 121 Å². The molecule has 1 fully saturated rings. The second-order valence-corrected chi connectivity index (χ2v) is 10.7. The van der Waals surface area contributed by atoms with Gasteiger partial charge in [0, 0.05) is 4.43 Å². The summed E-state index contributed by atoms with van der Waals surface area (Å²) in [6.07, 6.45) is -2.13. The van der Waals surface area contributed by atoms with Crippen LogP contribution in [0.1, 0.15) is 22.3 Å². The fraction of sp³-hybridized carbons (Fsp3) is 0.294. The largest absolute Gasteiger partial charge is 0.368 e. The van der Waals surface area contributed by atoms with Crippen molar-refractivity contribution in [1.82, 2.24) is 0 Å². The molecule has 6 heteroatoms. The molecule has 0 bridgehead atoms. The third-order valence-corrected chi connectivity index (χ3v) is 7.72. The van der Waals surface area contributed by atoms with Crippen molar-refractivity contribution in [3.05, 3.63) is 144 Å². The summed E-state index contributed by atoms with van der Waals surface area (Å²) in [4.78, 5) is 0. The Balaban J connectivity index is 1.41. The maximum Gasteiger partial charge on any atom is 0.187 e. The lowest BCUT2D eigenvalue weighted by Crippen LogP contribution is -2.61. The first-order valence-corrected chi connectivity index (χ1v) is 15.2. The van der Waals surface area contributed by atoms with Crippen molar-refractivity contribution in [3.63, 3.8) is 0 Å². The topological polar surface area (TPSA) is 46.2 Å². The summed E-state index contributed by atoms with van der Waals surface area (Å²) >= 11 is 2.36. The summed E-state index contributed by atoms with van der Waals surface area (Å²) in [7, 11) is 0. The fourth-order valence-electron chi connectivity index (χ4n) is 4.76. The number of halogens is 1. The molecular weight excluding hydrogens is 615 g/mol. The van der Waals surface area contributed by atoms with Crippen LogP contribution in [0, 0.1) is 0 Å². The van der Waals surface area contributed by atoms with E-state index in [1.54, 1.807) is 0 Å². The van der Waals surface area contributed by atoms with Gasteiger partial charge in [-0.15, -0.1) is 0 Å². The lowest BCUT2D eigenvalue weighted by Gasteiger charge is -2.45. The van der Waals surface area contributed by atoms with Crippen molar-refractivity contribution in [2.24, 2.45) is 0 Å². The van der Waals surface area contributed by atoms with Gasteiger partial charge in [-0.3, -0.25) is 0 Å². The number of benzene rings is 4. The number of hydrogen-bond donors (Lipinski definition) is 0. The van der Waals surface area contributed by atoms with Gasteiger partial charge < -0.3 is 23.7 Å². The van der Waals surface area contributed by atoms with Gasteiger partial charge in [0.1, 0.15) is 18.3 Å². The molecule has 0 spiro atoms. The fourth-order valence-corrected chi connectivity index (χ4v) is 5.47. The van der Waals surface area contributed by atoms with Gasteiger partial charge in [0.2, 0.25) is 0 Å². The van der Waals surface area contributed by atoms with E-state index >= 15 is 0 Å². The SMILES string of the molecule is IC[C@H]1O[C@@H](OCc2ccccc2)[C@H](OCc2ccccc2)[C@@H](OCc2ccccc2)[C@@H]1OCc1ccccc1. The molecule has 1 saturated heterocycles. The van der Waals surface area contributed by atoms with Crippen molar-refractivity contribution in [3.8, 4) is 0 Å². The van der Waals surface area contributed by atoms with E-state index in [0.717, 1.165) is 26.7 Å². The molecule has 5 atom stereocenters. The second-order valence-electron chi connectivity index (χ2n) is 9.78. The van der Waals surface area contributed by atoms with Gasteiger partial charge in [-0.1, -0.05) is 144 Å².